The van der Waals surface area contributed by atoms with Gasteiger partial charge >= 0.3 is 0 Å². The van der Waals surface area contributed by atoms with Crippen LogP contribution in [0.3, 0.4) is 0 Å². The van der Waals surface area contributed by atoms with E-state index >= 15 is 0 Å². The molecule has 8 aromatic rings. The summed E-state index contributed by atoms with van der Waals surface area (Å²) in [4.78, 5) is 2.62. The summed E-state index contributed by atoms with van der Waals surface area (Å²) < 4.78 is 0. The minimum absolute atomic E-state index is 0.0112. The van der Waals surface area contributed by atoms with E-state index in [0.29, 0.717) is 0 Å². The van der Waals surface area contributed by atoms with Crippen LogP contribution in [0.1, 0.15) is 97.9 Å². The maximum absolute atomic E-state index is 2.62. The number of para-hydroxylation sites is 1. The molecule has 8 aromatic carbocycles. The third kappa shape index (κ3) is 5.40. The van der Waals surface area contributed by atoms with Crippen molar-refractivity contribution in [1.29, 1.82) is 0 Å². The van der Waals surface area contributed by atoms with E-state index in [1.165, 1.54) is 138 Å². The van der Waals surface area contributed by atoms with Crippen LogP contribution in [0.5, 0.6) is 0 Å². The molecule has 4 aliphatic rings. The first kappa shape index (κ1) is 37.3. The predicted octanol–water partition coefficient (Wildman–Crippen LogP) is 16.1. The molecule has 0 bridgehead atoms. The standard InChI is InChI=1S/C61H53N/c1-59(2)35-36-60(3,4)58-54(59)27-16-28-56(58)62(45-19-6-5-7-20-45)57-39-55-50(38-49(57)42-32-29-41(30-33-42)44-34-31-40-17-8-9-18-43(40)37-44)48-23-12-15-26-53(48)61(55)51-24-13-10-21-46(51)47-22-11-14-25-52(47)61/h5-7,10-16,19-34,37-39H,8-9,17-18,35-36H2,1-4H3. The van der Waals surface area contributed by atoms with E-state index < -0.39 is 5.41 Å². The Bertz CT molecular complexity index is 3030. The Morgan fingerprint density at radius 3 is 1.60 bits per heavy atom. The quantitative estimate of drug-likeness (QED) is 0.168. The Morgan fingerprint density at radius 2 is 0.919 bits per heavy atom. The van der Waals surface area contributed by atoms with Crippen molar-refractivity contribution in [3.63, 3.8) is 0 Å². The lowest BCUT2D eigenvalue weighted by atomic mass is 9.62. The lowest BCUT2D eigenvalue weighted by Crippen LogP contribution is -2.35. The van der Waals surface area contributed by atoms with E-state index in [0.717, 1.165) is 6.42 Å². The van der Waals surface area contributed by atoms with Gasteiger partial charge in [-0.2, -0.15) is 0 Å². The van der Waals surface area contributed by atoms with Gasteiger partial charge in [-0.15, -0.1) is 0 Å². The molecule has 0 unspecified atom stereocenters. The molecule has 0 saturated heterocycles. The third-order valence-corrected chi connectivity index (χ3v) is 15.3. The molecule has 12 rings (SSSR count). The minimum atomic E-state index is -0.456. The predicted molar refractivity (Wildman–Crippen MR) is 260 cm³/mol. The van der Waals surface area contributed by atoms with Crippen LogP contribution in [0.25, 0.3) is 44.5 Å². The molecule has 0 amide bonds. The fourth-order valence-electron chi connectivity index (χ4n) is 12.2. The van der Waals surface area contributed by atoms with Crippen LogP contribution >= 0.6 is 0 Å². The Labute approximate surface area is 367 Å². The number of fused-ring (bicyclic) bond motifs is 12. The number of nitrogens with zero attached hydrogens (tertiary/aromatic N) is 1. The van der Waals surface area contributed by atoms with Gasteiger partial charge in [0, 0.05) is 11.3 Å². The monoisotopic (exact) mass is 799 g/mol. The van der Waals surface area contributed by atoms with Gasteiger partial charge in [0.1, 0.15) is 0 Å². The smallest absolute Gasteiger partial charge is 0.0726 e. The van der Waals surface area contributed by atoms with Crippen LogP contribution in [0.2, 0.25) is 0 Å². The van der Waals surface area contributed by atoms with E-state index in [4.69, 9.17) is 0 Å². The zero-order valence-electron chi connectivity index (χ0n) is 36.4. The van der Waals surface area contributed by atoms with E-state index in [9.17, 15) is 0 Å². The number of aryl methyl sites for hydroxylation is 2. The van der Waals surface area contributed by atoms with Gasteiger partial charge < -0.3 is 4.90 Å². The third-order valence-electron chi connectivity index (χ3n) is 15.3. The van der Waals surface area contributed by atoms with Crippen molar-refractivity contribution in [1.82, 2.24) is 0 Å². The second kappa shape index (κ2) is 13.8. The number of benzene rings is 8. The van der Waals surface area contributed by atoms with Crippen molar-refractivity contribution in [3.05, 3.63) is 220 Å². The van der Waals surface area contributed by atoms with Crippen molar-refractivity contribution in [2.75, 3.05) is 4.90 Å². The highest BCUT2D eigenvalue weighted by atomic mass is 15.1. The SMILES string of the molecule is CC1(C)CCC(C)(C)c2c(N(c3ccccc3)c3cc4c(cc3-c3ccc(-c5ccc6c(c5)CCCC6)cc3)-c3ccccc3C43c4ccccc4-c4ccccc43)cccc21. The summed E-state index contributed by atoms with van der Waals surface area (Å²) >= 11 is 0. The summed E-state index contributed by atoms with van der Waals surface area (Å²) in [6.45, 7) is 9.82. The van der Waals surface area contributed by atoms with Crippen molar-refractivity contribution >= 4 is 17.1 Å². The lowest BCUT2D eigenvalue weighted by molar-refractivity contribution is 0.332. The summed E-state index contributed by atoms with van der Waals surface area (Å²) in [5.74, 6) is 0. The first-order valence-electron chi connectivity index (χ1n) is 22.9. The fraction of sp³-hybridized carbons (Fsp3) is 0.213. The van der Waals surface area contributed by atoms with Gasteiger partial charge in [0.15, 0.2) is 0 Å². The van der Waals surface area contributed by atoms with Crippen molar-refractivity contribution in [3.8, 4) is 44.5 Å². The molecule has 0 atom stereocenters. The first-order valence-corrected chi connectivity index (χ1v) is 22.9. The Balaban J connectivity index is 1.16. The van der Waals surface area contributed by atoms with Crippen LogP contribution in [0, 0.1) is 0 Å². The van der Waals surface area contributed by atoms with Gasteiger partial charge in [0.2, 0.25) is 0 Å². The number of rotatable bonds is 5. The molecule has 0 aliphatic heterocycles. The van der Waals surface area contributed by atoms with E-state index in [2.05, 4.69) is 209 Å². The number of anilines is 3. The number of hydrogen-bond acceptors (Lipinski definition) is 1. The van der Waals surface area contributed by atoms with Gasteiger partial charge in [0.05, 0.1) is 16.8 Å². The summed E-state index contributed by atoms with van der Waals surface area (Å²) in [7, 11) is 0. The molecule has 1 heteroatoms. The largest absolute Gasteiger partial charge is 0.310 e. The van der Waals surface area contributed by atoms with Gasteiger partial charge in [0.25, 0.3) is 0 Å². The highest BCUT2D eigenvalue weighted by molar-refractivity contribution is 6.00. The zero-order valence-corrected chi connectivity index (χ0v) is 36.4. The molecule has 302 valence electrons. The van der Waals surface area contributed by atoms with Crippen LogP contribution in [0.4, 0.5) is 17.1 Å². The molecule has 0 saturated carbocycles. The number of hydrogen-bond donors (Lipinski definition) is 0. The fourth-order valence-corrected chi connectivity index (χ4v) is 12.2. The Kier molecular flexibility index (Phi) is 8.30. The highest BCUT2D eigenvalue weighted by Gasteiger charge is 2.52. The van der Waals surface area contributed by atoms with Crippen LogP contribution in [0.15, 0.2) is 176 Å². The molecule has 0 radical (unpaired) electrons. The van der Waals surface area contributed by atoms with Gasteiger partial charge in [-0.1, -0.05) is 173 Å². The van der Waals surface area contributed by atoms with Crippen LogP contribution in [-0.4, -0.2) is 0 Å². The molecule has 1 spiro atoms. The molecule has 4 aliphatic carbocycles. The average Bonchev–Trinajstić information content (AvgIpc) is 3.77. The van der Waals surface area contributed by atoms with Gasteiger partial charge in [-0.3, -0.25) is 0 Å². The van der Waals surface area contributed by atoms with Crippen LogP contribution in [-0.2, 0) is 29.1 Å². The Hall–Kier alpha value is -6.44. The summed E-state index contributed by atoms with van der Waals surface area (Å²) in [5.41, 5.74) is 25.0. The normalized spacial score (nSPS) is 16.7. The maximum Gasteiger partial charge on any atom is 0.0726 e. The lowest BCUT2D eigenvalue weighted by Gasteiger charge is -2.45. The molecule has 0 heterocycles. The molecular weight excluding hydrogens is 747 g/mol. The average molecular weight is 800 g/mol. The van der Waals surface area contributed by atoms with Crippen molar-refractivity contribution in [2.24, 2.45) is 0 Å². The zero-order chi connectivity index (χ0) is 41.8. The second-order valence-electron chi connectivity index (χ2n) is 19.7. The maximum atomic E-state index is 2.62. The second-order valence-corrected chi connectivity index (χ2v) is 19.7. The van der Waals surface area contributed by atoms with E-state index in [-0.39, 0.29) is 10.8 Å². The molecule has 0 fully saturated rings. The first-order chi connectivity index (χ1) is 30.2. The molecule has 62 heavy (non-hydrogen) atoms. The molecule has 1 nitrogen and oxygen atoms in total. The molecule has 0 aromatic heterocycles. The summed E-state index contributed by atoms with van der Waals surface area (Å²) in [6, 6.07) is 67.7. The minimum Gasteiger partial charge on any atom is -0.310 e. The van der Waals surface area contributed by atoms with Crippen LogP contribution < -0.4 is 4.90 Å². The molecule has 0 N–H and O–H groups in total. The van der Waals surface area contributed by atoms with E-state index in [1.54, 1.807) is 0 Å². The van der Waals surface area contributed by atoms with Crippen molar-refractivity contribution in [2.45, 2.75) is 82.5 Å². The van der Waals surface area contributed by atoms with E-state index in [1.807, 2.05) is 0 Å². The summed E-state index contributed by atoms with van der Waals surface area (Å²) in [6.07, 6.45) is 7.28. The van der Waals surface area contributed by atoms with Gasteiger partial charge in [-0.25, -0.2) is 0 Å². The topological polar surface area (TPSA) is 3.24 Å². The Morgan fingerprint density at radius 1 is 0.371 bits per heavy atom. The van der Waals surface area contributed by atoms with Gasteiger partial charge in [-0.05, 0) is 163 Å². The summed E-state index contributed by atoms with van der Waals surface area (Å²) in [5, 5.41) is 0. The highest BCUT2D eigenvalue weighted by Crippen LogP contribution is 2.64. The molecular formula is C61H53N. The van der Waals surface area contributed by atoms with Crippen molar-refractivity contribution < 1.29 is 0 Å².